The molecule has 0 saturated carbocycles. The van der Waals surface area contributed by atoms with E-state index in [2.05, 4.69) is 0 Å². The Balaban J connectivity index is -0.0000000339. The van der Waals surface area contributed by atoms with Crippen molar-refractivity contribution in [3.63, 3.8) is 0 Å². The molecule has 0 unspecified atom stereocenters. The standard InChI is InChI=1S/2CH2O3.Ca.Mo.O/c2*2-1(3)4;;;/h2*(H2,2,3,4);;;/q;;2*+2;/p-4. The predicted octanol–water partition coefficient (Wildman–Crippen LogP) is -5.40. The van der Waals surface area contributed by atoms with Crippen molar-refractivity contribution in [2.75, 3.05) is 0 Å². The van der Waals surface area contributed by atoms with Gasteiger partial charge in [-0.2, -0.15) is 0 Å². The summed E-state index contributed by atoms with van der Waals surface area (Å²) in [5.41, 5.74) is 0. The number of carbonyl (C=O) groups excluding carboxylic acids is 2. The number of hydrogen-bond donors (Lipinski definition) is 0. The SMILES string of the molecule is O=C([O-])[O-].O=C([O-])[O-].[Ca+2].[O]=[Mo+2]. The molecular formula is C2CaMoO7. The average molecular weight is 272 g/mol. The van der Waals surface area contributed by atoms with Gasteiger partial charge >= 0.3 is 60.9 Å². The maximum atomic E-state index is 8.33. The zero-order valence-corrected chi connectivity index (χ0v) is 9.19. The van der Waals surface area contributed by atoms with E-state index in [1.807, 2.05) is 0 Å². The third kappa shape index (κ3) is 8520. The summed E-state index contributed by atoms with van der Waals surface area (Å²) in [6.07, 6.45) is -4.67. The summed E-state index contributed by atoms with van der Waals surface area (Å²) in [7, 11) is 0. The first-order valence-corrected chi connectivity index (χ1v) is 2.21. The van der Waals surface area contributed by atoms with Crippen LogP contribution in [0.5, 0.6) is 0 Å². The van der Waals surface area contributed by atoms with Gasteiger partial charge in [0.25, 0.3) is 0 Å². The van der Waals surface area contributed by atoms with Gasteiger partial charge in [0.2, 0.25) is 0 Å². The molecule has 0 spiro atoms. The number of carboxylic acid groups (broad SMARTS) is 4. The van der Waals surface area contributed by atoms with E-state index in [0.29, 0.717) is 19.8 Å². The first-order valence-electron chi connectivity index (χ1n) is 1.39. The number of hydrogen-bond acceptors (Lipinski definition) is 7. The summed E-state index contributed by atoms with van der Waals surface area (Å²) < 4.78 is 8.26. The summed E-state index contributed by atoms with van der Waals surface area (Å²) in [6.45, 7) is 0. The fourth-order valence-corrected chi connectivity index (χ4v) is 0. The second-order valence-corrected chi connectivity index (χ2v) is 0.500. The van der Waals surface area contributed by atoms with Crippen LogP contribution in [-0.2, 0) is 23.2 Å². The van der Waals surface area contributed by atoms with Gasteiger partial charge in [-0.1, -0.05) is 0 Å². The normalized spacial score (nSPS) is 4.64. The predicted molar refractivity (Wildman–Crippen MR) is 17.2 cm³/mol. The van der Waals surface area contributed by atoms with Crippen molar-refractivity contribution in [2.24, 2.45) is 0 Å². The summed E-state index contributed by atoms with van der Waals surface area (Å²) in [6, 6.07) is 0. The Morgan fingerprint density at radius 1 is 0.818 bits per heavy atom. The third-order valence-electron chi connectivity index (χ3n) is 0. The molecule has 11 heavy (non-hydrogen) atoms. The van der Waals surface area contributed by atoms with Crippen LogP contribution in [0.2, 0.25) is 0 Å². The molecule has 0 aromatic heterocycles. The van der Waals surface area contributed by atoms with Crippen LogP contribution in [0.15, 0.2) is 0 Å². The van der Waals surface area contributed by atoms with Gasteiger partial charge in [-0.25, -0.2) is 0 Å². The van der Waals surface area contributed by atoms with E-state index in [-0.39, 0.29) is 37.7 Å². The van der Waals surface area contributed by atoms with Crippen LogP contribution < -0.4 is 20.4 Å². The van der Waals surface area contributed by atoms with E-state index in [1.165, 1.54) is 0 Å². The van der Waals surface area contributed by atoms with Crippen molar-refractivity contribution in [1.29, 1.82) is 0 Å². The molecule has 9 heteroatoms. The summed E-state index contributed by atoms with van der Waals surface area (Å²) >= 11 is 0.700. The molecule has 58 valence electrons. The molecule has 0 radical (unpaired) electrons. The maximum absolute atomic E-state index is 8.33. The Bertz CT molecular complexity index is 84.6. The van der Waals surface area contributed by atoms with Crippen molar-refractivity contribution in [1.82, 2.24) is 0 Å². The molecule has 0 heterocycles. The van der Waals surface area contributed by atoms with Crippen LogP contribution in [-0.4, -0.2) is 50.0 Å². The van der Waals surface area contributed by atoms with Gasteiger partial charge in [0.05, 0.1) is 0 Å². The zero-order valence-electron chi connectivity index (χ0n) is 4.97. The van der Waals surface area contributed by atoms with Crippen LogP contribution in [0, 0.1) is 0 Å². The average Bonchev–Trinajstić information content (AvgIpc) is 1.66. The first-order chi connectivity index (χ1) is 4.46. The molecule has 0 aromatic rings. The third-order valence-corrected chi connectivity index (χ3v) is 0. The molecule has 0 fully saturated rings. The minimum absolute atomic E-state index is 0. The molecular weight excluding hydrogens is 272 g/mol. The molecule has 0 aromatic carbocycles. The second-order valence-electron chi connectivity index (χ2n) is 0.500. The number of rotatable bonds is 0. The Labute approximate surface area is 102 Å². The van der Waals surface area contributed by atoms with Gasteiger partial charge in [0.1, 0.15) is 0 Å². The first kappa shape index (κ1) is 22.5. The van der Waals surface area contributed by atoms with Gasteiger partial charge in [-0.05, 0) is 12.3 Å². The Hall–Kier alpha value is 0.288. The van der Waals surface area contributed by atoms with Gasteiger partial charge < -0.3 is 30.0 Å². The Morgan fingerprint density at radius 2 is 0.818 bits per heavy atom. The fourth-order valence-electron chi connectivity index (χ4n) is 0. The van der Waals surface area contributed by atoms with Gasteiger partial charge in [0.15, 0.2) is 0 Å². The fraction of sp³-hybridized carbons (Fsp3) is 0. The molecule has 0 amide bonds. The molecule has 0 aliphatic carbocycles. The summed E-state index contributed by atoms with van der Waals surface area (Å²) in [5.74, 6) is 0. The summed E-state index contributed by atoms with van der Waals surface area (Å²) in [4.78, 5) is 16.7. The van der Waals surface area contributed by atoms with Crippen molar-refractivity contribution in [3.05, 3.63) is 0 Å². The molecule has 7 nitrogen and oxygen atoms in total. The van der Waals surface area contributed by atoms with Crippen molar-refractivity contribution >= 4 is 50.0 Å². The second kappa shape index (κ2) is 22.4. The Kier molecular flexibility index (Phi) is 45.9. The molecule has 0 bridgehead atoms. The van der Waals surface area contributed by atoms with Crippen LogP contribution >= 0.6 is 0 Å². The van der Waals surface area contributed by atoms with Gasteiger partial charge in [-0.15, -0.1) is 0 Å². The molecule has 0 aliphatic rings. The van der Waals surface area contributed by atoms with Crippen molar-refractivity contribution in [2.45, 2.75) is 0 Å². The van der Waals surface area contributed by atoms with Crippen molar-refractivity contribution in [3.8, 4) is 0 Å². The summed E-state index contributed by atoms with van der Waals surface area (Å²) in [5, 5.41) is 33.3. The molecule has 0 N–H and O–H groups in total. The van der Waals surface area contributed by atoms with Crippen molar-refractivity contribution < 1.29 is 53.2 Å². The molecule has 0 saturated heterocycles. The van der Waals surface area contributed by atoms with Crippen LogP contribution in [0.25, 0.3) is 0 Å². The van der Waals surface area contributed by atoms with Crippen LogP contribution in [0.1, 0.15) is 0 Å². The van der Waals surface area contributed by atoms with Gasteiger partial charge in [0, 0.05) is 0 Å². The van der Waals surface area contributed by atoms with Crippen LogP contribution in [0.4, 0.5) is 9.59 Å². The quantitative estimate of drug-likeness (QED) is 0.400. The van der Waals surface area contributed by atoms with Gasteiger partial charge in [-0.3, -0.25) is 0 Å². The minimum atomic E-state index is -2.33. The monoisotopic (exact) mass is 274 g/mol. The van der Waals surface area contributed by atoms with E-state index in [0.717, 1.165) is 0 Å². The van der Waals surface area contributed by atoms with E-state index in [4.69, 9.17) is 33.4 Å². The number of carbonyl (C=O) groups is 2. The molecule has 0 atom stereocenters. The zero-order chi connectivity index (χ0) is 9.15. The molecule has 0 aliphatic heterocycles. The molecule has 0 rings (SSSR count). The van der Waals surface area contributed by atoms with E-state index in [9.17, 15) is 0 Å². The van der Waals surface area contributed by atoms with E-state index >= 15 is 0 Å². The van der Waals surface area contributed by atoms with Crippen LogP contribution in [0.3, 0.4) is 0 Å². The van der Waals surface area contributed by atoms with E-state index < -0.39 is 12.3 Å². The van der Waals surface area contributed by atoms with E-state index in [1.54, 1.807) is 0 Å². The Morgan fingerprint density at radius 3 is 0.818 bits per heavy atom. The topological polar surface area (TPSA) is 143 Å².